The number of ketones is 1. The zero-order valence-electron chi connectivity index (χ0n) is 26.5. The van der Waals surface area contributed by atoms with Crippen molar-refractivity contribution in [2.24, 2.45) is 33.2 Å². The van der Waals surface area contributed by atoms with Gasteiger partial charge in [-0.15, -0.1) is 0 Å². The maximum atomic E-state index is 15.0. The summed E-state index contributed by atoms with van der Waals surface area (Å²) < 4.78 is 31.9. The van der Waals surface area contributed by atoms with E-state index < -0.39 is 48.5 Å². The molecule has 4 rings (SSSR count). The van der Waals surface area contributed by atoms with Gasteiger partial charge in [-0.1, -0.05) is 38.9 Å². The van der Waals surface area contributed by atoms with Gasteiger partial charge in [-0.3, -0.25) is 0 Å². The van der Waals surface area contributed by atoms with E-state index in [1.807, 2.05) is 20.8 Å². The molecule has 1 aliphatic heterocycles. The minimum atomic E-state index is -1.38. The number of aliphatic hydroxyl groups is 1. The summed E-state index contributed by atoms with van der Waals surface area (Å²) in [5.74, 6) is -1.48. The van der Waals surface area contributed by atoms with Crippen LogP contribution in [0.15, 0.2) is 17.3 Å². The predicted molar refractivity (Wildman–Crippen MR) is 160 cm³/mol. The zero-order valence-corrected chi connectivity index (χ0v) is 26.5. The van der Waals surface area contributed by atoms with Gasteiger partial charge in [-0.25, -0.2) is 9.18 Å². The monoisotopic (exact) mass is 603 g/mol. The number of aliphatic hydroxyl groups excluding tert-OH is 1. The van der Waals surface area contributed by atoms with Crippen LogP contribution >= 0.6 is 0 Å². The Morgan fingerprint density at radius 3 is 2.67 bits per heavy atom. The van der Waals surface area contributed by atoms with Gasteiger partial charge >= 0.3 is 13.1 Å². The van der Waals surface area contributed by atoms with Gasteiger partial charge < -0.3 is 33.9 Å². The SMILES string of the molecule is CC(=O)CC[C@]12CC[C@@H](C)[C@](C)(C1)[C@H](OC(=O)COc1ccc3c(c1F)B(O)OC3)C[C@@](C)(/C=N\OC(C)C)[C@@H](O)[C@@H]2C. The van der Waals surface area contributed by atoms with Crippen molar-refractivity contribution in [3.63, 3.8) is 0 Å². The molecule has 0 radical (unpaired) electrons. The van der Waals surface area contributed by atoms with E-state index in [9.17, 15) is 19.7 Å². The summed E-state index contributed by atoms with van der Waals surface area (Å²) in [6, 6.07) is 3.01. The van der Waals surface area contributed by atoms with Crippen LogP contribution in [0, 0.1) is 33.9 Å². The highest BCUT2D eigenvalue weighted by Gasteiger charge is 2.59. The minimum absolute atomic E-state index is 0.0121. The van der Waals surface area contributed by atoms with E-state index in [2.05, 4.69) is 25.9 Å². The molecule has 1 aromatic carbocycles. The van der Waals surface area contributed by atoms with Crippen LogP contribution in [-0.4, -0.2) is 60.1 Å². The smallest absolute Gasteiger partial charge is 0.479 e. The van der Waals surface area contributed by atoms with Gasteiger partial charge in [0, 0.05) is 22.7 Å². The van der Waals surface area contributed by atoms with Crippen molar-refractivity contribution >= 4 is 30.5 Å². The quantitative estimate of drug-likeness (QED) is 0.175. The Morgan fingerprint density at radius 2 is 2.00 bits per heavy atom. The van der Waals surface area contributed by atoms with E-state index in [0.29, 0.717) is 24.8 Å². The third-order valence-corrected chi connectivity index (χ3v) is 10.5. The first-order chi connectivity index (χ1) is 20.1. The second-order valence-corrected chi connectivity index (χ2v) is 13.9. The molecular weight excluding hydrogens is 556 g/mol. The highest BCUT2D eigenvalue weighted by atomic mass is 19.1. The molecule has 0 unspecified atom stereocenters. The number of carbonyl (C=O) groups is 2. The highest BCUT2D eigenvalue weighted by molar-refractivity contribution is 6.61. The Hall–Kier alpha value is -2.50. The van der Waals surface area contributed by atoms with E-state index in [4.69, 9.17) is 19.0 Å². The minimum Gasteiger partial charge on any atom is -0.479 e. The summed E-state index contributed by atoms with van der Waals surface area (Å²) in [6.45, 7) is 13.1. The standard InChI is InChI=1S/C32H47BFNO8/c1-19(2)43-35-18-30(6)14-25(42-26(37)16-40-24-9-8-23-15-41-33(39)27(23)28(24)34)31(7)17-32(12-10-20(31)3,13-11-21(4)36)22(5)29(30)38/h8-9,18-20,22,25,29,38-39H,10-17H2,1-7H3/b35-18-/t20-,22+,25-,29+,30+,31+,32-/m1/s1. The molecule has 2 aliphatic carbocycles. The molecule has 0 saturated heterocycles. The first-order valence-electron chi connectivity index (χ1n) is 15.4. The average molecular weight is 604 g/mol. The lowest BCUT2D eigenvalue weighted by atomic mass is 9.47. The molecule has 1 aromatic rings. The maximum Gasteiger partial charge on any atom is 0.494 e. The van der Waals surface area contributed by atoms with Crippen molar-refractivity contribution < 1.29 is 43.1 Å². The molecule has 2 saturated carbocycles. The number of hydrogen-bond donors (Lipinski definition) is 2. The van der Waals surface area contributed by atoms with Crippen LogP contribution in [-0.2, 0) is 30.4 Å². The van der Waals surface area contributed by atoms with Crippen LogP contribution < -0.4 is 10.2 Å². The third-order valence-electron chi connectivity index (χ3n) is 10.5. The Bertz CT molecular complexity index is 1230. The van der Waals surface area contributed by atoms with Crippen LogP contribution in [0.25, 0.3) is 0 Å². The number of carbonyl (C=O) groups excluding carboxylic acids is 2. The normalized spacial score (nSPS) is 34.1. The molecule has 43 heavy (non-hydrogen) atoms. The van der Waals surface area contributed by atoms with Gasteiger partial charge in [0.15, 0.2) is 18.2 Å². The fourth-order valence-corrected chi connectivity index (χ4v) is 7.48. The Labute approximate surface area is 254 Å². The van der Waals surface area contributed by atoms with E-state index in [0.717, 1.165) is 12.8 Å². The highest BCUT2D eigenvalue weighted by Crippen LogP contribution is 2.61. The summed E-state index contributed by atoms with van der Waals surface area (Å²) in [7, 11) is -1.38. The fraction of sp³-hybridized carbons (Fsp3) is 0.719. The molecule has 0 amide bonds. The number of benzene rings is 1. The van der Waals surface area contributed by atoms with E-state index in [-0.39, 0.29) is 53.4 Å². The van der Waals surface area contributed by atoms with Crippen molar-refractivity contribution in [3.8, 4) is 5.75 Å². The van der Waals surface area contributed by atoms with Gasteiger partial charge in [-0.05, 0) is 81.8 Å². The summed E-state index contributed by atoms with van der Waals surface area (Å²) in [5, 5.41) is 26.1. The van der Waals surface area contributed by atoms with E-state index in [1.165, 1.54) is 6.07 Å². The van der Waals surface area contributed by atoms with Crippen molar-refractivity contribution in [2.45, 2.75) is 112 Å². The molecule has 0 spiro atoms. The number of hydrogen-bond acceptors (Lipinski definition) is 9. The molecule has 1 heterocycles. The second kappa shape index (κ2) is 12.9. The molecule has 2 bridgehead atoms. The number of ether oxygens (including phenoxy) is 2. The molecule has 2 N–H and O–H groups in total. The number of nitrogens with zero attached hydrogens (tertiary/aromatic N) is 1. The molecule has 2 fully saturated rings. The van der Waals surface area contributed by atoms with Crippen LogP contribution in [0.1, 0.15) is 92.6 Å². The van der Waals surface area contributed by atoms with Crippen molar-refractivity contribution in [3.05, 3.63) is 23.5 Å². The van der Waals surface area contributed by atoms with Crippen molar-refractivity contribution in [2.75, 3.05) is 6.61 Å². The number of Topliss-reactive ketones (excluding diaryl/α,β-unsaturated/α-hetero) is 1. The summed E-state index contributed by atoms with van der Waals surface area (Å²) in [6.07, 6.45) is 3.73. The first-order valence-corrected chi connectivity index (χ1v) is 15.4. The lowest BCUT2D eigenvalue weighted by molar-refractivity contribution is -0.188. The Morgan fingerprint density at radius 1 is 1.28 bits per heavy atom. The largest absolute Gasteiger partial charge is 0.494 e. The topological polar surface area (TPSA) is 124 Å². The predicted octanol–water partition coefficient (Wildman–Crippen LogP) is 4.33. The number of oxime groups is 1. The van der Waals surface area contributed by atoms with Gasteiger partial charge in [0.2, 0.25) is 0 Å². The average Bonchev–Trinajstić information content (AvgIpc) is 3.32. The van der Waals surface area contributed by atoms with Gasteiger partial charge in [-0.2, -0.15) is 0 Å². The molecule has 0 aromatic heterocycles. The van der Waals surface area contributed by atoms with Crippen molar-refractivity contribution in [1.29, 1.82) is 0 Å². The molecule has 238 valence electrons. The molecular formula is C32H47BFNO8. The summed E-state index contributed by atoms with van der Waals surface area (Å²) >= 11 is 0. The maximum absolute atomic E-state index is 15.0. The second-order valence-electron chi connectivity index (χ2n) is 13.9. The first kappa shape index (κ1) is 33.4. The number of halogens is 1. The number of rotatable bonds is 10. The number of fused-ring (bicyclic) bond motifs is 3. The van der Waals surface area contributed by atoms with Gasteiger partial charge in [0.05, 0.1) is 18.9 Å². The van der Waals surface area contributed by atoms with Crippen molar-refractivity contribution in [1.82, 2.24) is 0 Å². The number of esters is 1. The molecule has 9 nitrogen and oxygen atoms in total. The fourth-order valence-electron chi connectivity index (χ4n) is 7.48. The molecule has 7 atom stereocenters. The Kier molecular flexibility index (Phi) is 9.98. The van der Waals surface area contributed by atoms with Gasteiger partial charge in [0.1, 0.15) is 18.0 Å². The van der Waals surface area contributed by atoms with E-state index >= 15 is 4.39 Å². The summed E-state index contributed by atoms with van der Waals surface area (Å²) in [4.78, 5) is 31.0. The lowest BCUT2D eigenvalue weighted by Gasteiger charge is -2.59. The zero-order chi connectivity index (χ0) is 31.7. The van der Waals surface area contributed by atoms with Crippen LogP contribution in [0.5, 0.6) is 5.75 Å². The van der Waals surface area contributed by atoms with Gasteiger partial charge in [0.25, 0.3) is 0 Å². The van der Waals surface area contributed by atoms with Crippen LogP contribution in [0.2, 0.25) is 0 Å². The van der Waals surface area contributed by atoms with Crippen LogP contribution in [0.4, 0.5) is 4.39 Å². The molecule has 11 heteroatoms. The van der Waals surface area contributed by atoms with Crippen LogP contribution in [0.3, 0.4) is 0 Å². The lowest BCUT2D eigenvalue weighted by Crippen LogP contribution is -2.59. The summed E-state index contributed by atoms with van der Waals surface area (Å²) in [5.41, 5.74) is -1.20. The third kappa shape index (κ3) is 6.78. The Balaban J connectivity index is 1.64. The van der Waals surface area contributed by atoms with E-state index in [1.54, 1.807) is 19.2 Å². The molecule has 3 aliphatic rings.